The van der Waals surface area contributed by atoms with Gasteiger partial charge in [0.05, 0.1) is 17.6 Å². The minimum Gasteiger partial charge on any atom is -0.396 e. The Hall–Kier alpha value is -4.19. The highest BCUT2D eigenvalue weighted by molar-refractivity contribution is 5.83. The summed E-state index contributed by atoms with van der Waals surface area (Å²) in [5.74, 6) is 1.11. The molecule has 2 heterocycles. The van der Waals surface area contributed by atoms with Gasteiger partial charge in [-0.1, -0.05) is 49.1 Å². The molecule has 6 nitrogen and oxygen atoms in total. The van der Waals surface area contributed by atoms with E-state index in [-0.39, 0.29) is 0 Å². The van der Waals surface area contributed by atoms with Gasteiger partial charge in [0.1, 0.15) is 11.5 Å². The van der Waals surface area contributed by atoms with Crippen LogP contribution in [-0.4, -0.2) is 15.0 Å². The molecule has 1 fully saturated rings. The number of rotatable bonds is 7. The van der Waals surface area contributed by atoms with Crippen molar-refractivity contribution in [3.05, 3.63) is 102 Å². The summed E-state index contributed by atoms with van der Waals surface area (Å²) in [4.78, 5) is 13.6. The highest BCUT2D eigenvalue weighted by Gasteiger charge is 2.23. The molecule has 5 N–H and O–H groups in total. The molecular weight excluding hydrogens is 408 g/mol. The fraction of sp³-hybridized carbons (Fsp3) is 0.148. The number of hydrogen-bond donors (Lipinski definition) is 3. The Morgan fingerprint density at radius 1 is 1.09 bits per heavy atom. The zero-order valence-corrected chi connectivity index (χ0v) is 19.0. The van der Waals surface area contributed by atoms with E-state index in [1.54, 1.807) is 12.3 Å². The molecule has 0 aliphatic heterocycles. The van der Waals surface area contributed by atoms with Crippen molar-refractivity contribution in [1.29, 1.82) is 0 Å². The summed E-state index contributed by atoms with van der Waals surface area (Å²) in [6.45, 7) is 7.97. The van der Waals surface area contributed by atoms with Crippen molar-refractivity contribution < 1.29 is 0 Å². The standard InChI is InChI=1S/C27H28N6/c1-4-9-21(20-14-17(3)31-24(29)15-20)23(5-2)32-25(18-12-13-18)26-22(28)16-30-27(33-26)19-10-7-6-8-11-19/h4-11,14-16,32H,2,12-13,28H2,1,3H3,(H2,29,31)/b9-4-,23-21-. The first kappa shape index (κ1) is 22.0. The van der Waals surface area contributed by atoms with Gasteiger partial charge < -0.3 is 16.8 Å². The van der Waals surface area contributed by atoms with Gasteiger partial charge in [-0.3, -0.25) is 0 Å². The molecule has 166 valence electrons. The van der Waals surface area contributed by atoms with Gasteiger partial charge in [0.25, 0.3) is 0 Å². The molecule has 1 aromatic carbocycles. The first-order valence-electron chi connectivity index (χ1n) is 10.9. The second-order valence-electron chi connectivity index (χ2n) is 7.92. The van der Waals surface area contributed by atoms with Crippen molar-refractivity contribution in [3.8, 4) is 11.4 Å². The predicted molar refractivity (Wildman–Crippen MR) is 136 cm³/mol. The van der Waals surface area contributed by atoms with Gasteiger partial charge >= 0.3 is 0 Å². The van der Waals surface area contributed by atoms with Crippen LogP contribution in [0.2, 0.25) is 0 Å². The van der Waals surface area contributed by atoms with Crippen LogP contribution in [0.3, 0.4) is 0 Å². The summed E-state index contributed by atoms with van der Waals surface area (Å²) in [6, 6.07) is 13.8. The normalized spacial score (nSPS) is 13.6. The van der Waals surface area contributed by atoms with Crippen molar-refractivity contribution >= 4 is 22.8 Å². The lowest BCUT2D eigenvalue weighted by Crippen LogP contribution is -2.16. The molecule has 6 heteroatoms. The van der Waals surface area contributed by atoms with Crippen molar-refractivity contribution in [2.45, 2.75) is 26.7 Å². The lowest BCUT2D eigenvalue weighted by molar-refractivity contribution is 1.08. The third-order valence-corrected chi connectivity index (χ3v) is 5.31. The first-order chi connectivity index (χ1) is 16.0. The van der Waals surface area contributed by atoms with Crippen LogP contribution in [-0.2, 0) is 0 Å². The molecule has 0 radical (unpaired) electrons. The lowest BCUT2D eigenvalue weighted by atomic mass is 10.0. The number of nitrogens with one attached hydrogen (secondary N) is 1. The van der Waals surface area contributed by atoms with Gasteiger partial charge in [-0.05, 0) is 56.0 Å². The molecule has 0 bridgehead atoms. The van der Waals surface area contributed by atoms with Crippen LogP contribution >= 0.6 is 0 Å². The van der Waals surface area contributed by atoms with E-state index < -0.39 is 0 Å². The predicted octanol–water partition coefficient (Wildman–Crippen LogP) is 5.28. The molecule has 3 aromatic rings. The van der Waals surface area contributed by atoms with E-state index in [0.29, 0.717) is 23.0 Å². The minimum atomic E-state index is 0.476. The zero-order chi connectivity index (χ0) is 23.4. The Morgan fingerprint density at radius 2 is 1.85 bits per heavy atom. The van der Waals surface area contributed by atoms with E-state index in [0.717, 1.165) is 46.6 Å². The summed E-state index contributed by atoms with van der Waals surface area (Å²) in [5, 5.41) is 3.58. The number of pyridine rings is 1. The Balaban J connectivity index is 1.81. The molecule has 0 unspecified atom stereocenters. The van der Waals surface area contributed by atoms with Crippen molar-refractivity contribution in [3.63, 3.8) is 0 Å². The first-order valence-corrected chi connectivity index (χ1v) is 10.9. The lowest BCUT2D eigenvalue weighted by Gasteiger charge is -2.17. The topological polar surface area (TPSA) is 103 Å². The van der Waals surface area contributed by atoms with Crippen LogP contribution in [0.5, 0.6) is 0 Å². The molecule has 33 heavy (non-hydrogen) atoms. The van der Waals surface area contributed by atoms with Gasteiger partial charge in [-0.25, -0.2) is 15.0 Å². The Labute approximate surface area is 194 Å². The van der Waals surface area contributed by atoms with Gasteiger partial charge in [0.2, 0.25) is 0 Å². The Bertz CT molecular complexity index is 1260. The van der Waals surface area contributed by atoms with Crippen molar-refractivity contribution in [1.82, 2.24) is 20.3 Å². The van der Waals surface area contributed by atoms with E-state index in [1.165, 1.54) is 5.57 Å². The number of nitrogen functional groups attached to an aromatic ring is 2. The van der Waals surface area contributed by atoms with Gasteiger partial charge in [-0.15, -0.1) is 0 Å². The number of nitrogens with zero attached hydrogens (tertiary/aromatic N) is 3. The number of benzene rings is 1. The summed E-state index contributed by atoms with van der Waals surface area (Å²) in [7, 11) is 0. The van der Waals surface area contributed by atoms with Crippen LogP contribution < -0.4 is 16.8 Å². The fourth-order valence-corrected chi connectivity index (χ4v) is 3.67. The van der Waals surface area contributed by atoms with Crippen LogP contribution in [0.15, 0.2) is 84.7 Å². The number of hydrogen-bond acceptors (Lipinski definition) is 6. The smallest absolute Gasteiger partial charge is 0.159 e. The SMILES string of the molecule is C=C/C(NC(=C1CC1)c1nc(-c2ccccc2)ncc1N)=C(\C=C/C)c1cc(C)nc(N)c1. The Morgan fingerprint density at radius 3 is 2.48 bits per heavy atom. The molecule has 1 saturated carbocycles. The second kappa shape index (κ2) is 9.53. The van der Waals surface area contributed by atoms with Crippen LogP contribution in [0.4, 0.5) is 11.5 Å². The summed E-state index contributed by atoms with van der Waals surface area (Å²) in [6.07, 6.45) is 9.50. The molecule has 2 aromatic heterocycles. The third-order valence-electron chi connectivity index (χ3n) is 5.31. The molecule has 0 saturated heterocycles. The van der Waals surface area contributed by atoms with Crippen molar-refractivity contribution in [2.75, 3.05) is 11.5 Å². The number of aryl methyl sites for hydroxylation is 1. The number of nitrogens with two attached hydrogens (primary N) is 2. The molecule has 1 aliphatic rings. The Kier molecular flexibility index (Phi) is 6.36. The maximum atomic E-state index is 6.36. The molecule has 0 amide bonds. The average molecular weight is 437 g/mol. The zero-order valence-electron chi connectivity index (χ0n) is 19.0. The summed E-state index contributed by atoms with van der Waals surface area (Å²) < 4.78 is 0. The summed E-state index contributed by atoms with van der Waals surface area (Å²) >= 11 is 0. The highest BCUT2D eigenvalue weighted by Crippen LogP contribution is 2.37. The number of anilines is 2. The maximum absolute atomic E-state index is 6.36. The van der Waals surface area contributed by atoms with E-state index >= 15 is 0 Å². The van der Waals surface area contributed by atoms with E-state index in [2.05, 4.69) is 21.9 Å². The van der Waals surface area contributed by atoms with E-state index in [4.69, 9.17) is 16.5 Å². The number of allylic oxidation sites excluding steroid dienone is 5. The van der Waals surface area contributed by atoms with Gasteiger partial charge in [-0.2, -0.15) is 0 Å². The number of aromatic nitrogens is 3. The summed E-state index contributed by atoms with van der Waals surface area (Å²) in [5.41, 5.74) is 20.3. The van der Waals surface area contributed by atoms with Gasteiger partial charge in [0, 0.05) is 22.5 Å². The molecule has 0 atom stereocenters. The van der Waals surface area contributed by atoms with E-state index in [1.807, 2.05) is 68.5 Å². The third kappa shape index (κ3) is 5.01. The average Bonchev–Trinajstić information content (AvgIpc) is 3.65. The molecule has 4 rings (SSSR count). The molecular formula is C27H28N6. The quantitative estimate of drug-likeness (QED) is 0.436. The minimum absolute atomic E-state index is 0.476. The highest BCUT2D eigenvalue weighted by atomic mass is 15.0. The monoisotopic (exact) mass is 436 g/mol. The molecule has 0 spiro atoms. The second-order valence-corrected chi connectivity index (χ2v) is 7.92. The fourth-order valence-electron chi connectivity index (χ4n) is 3.67. The van der Waals surface area contributed by atoms with Crippen LogP contribution in [0, 0.1) is 6.92 Å². The maximum Gasteiger partial charge on any atom is 0.159 e. The van der Waals surface area contributed by atoms with Crippen LogP contribution in [0.25, 0.3) is 22.7 Å². The van der Waals surface area contributed by atoms with Crippen LogP contribution in [0.1, 0.15) is 36.7 Å². The largest absolute Gasteiger partial charge is 0.396 e. The van der Waals surface area contributed by atoms with Crippen molar-refractivity contribution in [2.24, 2.45) is 0 Å². The van der Waals surface area contributed by atoms with Gasteiger partial charge in [0.15, 0.2) is 5.82 Å². The van der Waals surface area contributed by atoms with E-state index in [9.17, 15) is 0 Å². The molecule has 1 aliphatic carbocycles.